The fourth-order valence-corrected chi connectivity index (χ4v) is 4.82. The van der Waals surface area contributed by atoms with E-state index in [2.05, 4.69) is 16.8 Å². The Balaban J connectivity index is 1.64. The van der Waals surface area contributed by atoms with Gasteiger partial charge in [0.15, 0.2) is 22.9 Å². The fraction of sp³-hybridized carbons (Fsp3) is 0.154. The van der Waals surface area contributed by atoms with Crippen LogP contribution in [0.1, 0.15) is 27.2 Å². The van der Waals surface area contributed by atoms with Gasteiger partial charge in [-0.25, -0.2) is 0 Å². The van der Waals surface area contributed by atoms with Gasteiger partial charge in [0.25, 0.3) is 5.91 Å². The van der Waals surface area contributed by atoms with Crippen molar-refractivity contribution in [2.75, 3.05) is 18.6 Å². The first kappa shape index (κ1) is 23.3. The highest BCUT2D eigenvalue weighted by Gasteiger charge is 2.46. The van der Waals surface area contributed by atoms with Gasteiger partial charge in [0.1, 0.15) is 17.4 Å². The first-order valence-electron chi connectivity index (χ1n) is 10.9. The summed E-state index contributed by atoms with van der Waals surface area (Å²) in [5.41, 5.74) is 0.798. The van der Waals surface area contributed by atoms with Gasteiger partial charge < -0.3 is 19.0 Å². The molecule has 0 aliphatic carbocycles. The van der Waals surface area contributed by atoms with Crippen LogP contribution in [0.2, 0.25) is 0 Å². The van der Waals surface area contributed by atoms with E-state index in [4.69, 9.17) is 13.9 Å². The summed E-state index contributed by atoms with van der Waals surface area (Å²) < 4.78 is 16.8. The summed E-state index contributed by atoms with van der Waals surface area (Å²) in [7, 11) is 1.50. The standard InChI is InChI=1S/C26H21N3O6S/c1-4-11-34-17-9-5-7-15(12-17)21-20(23(31)25(32)29(21)26-28-27-14(2)36-26)22(30)19-13-16-8-6-10-18(33-3)24(16)35-19/h4-10,12-13,21,31H,1,11H2,2-3H3. The number of hydrogen-bond acceptors (Lipinski definition) is 9. The summed E-state index contributed by atoms with van der Waals surface area (Å²) in [5.74, 6) is -1.14. The Morgan fingerprint density at radius 3 is 2.78 bits per heavy atom. The Labute approximate surface area is 209 Å². The van der Waals surface area contributed by atoms with Crippen molar-refractivity contribution in [3.63, 3.8) is 0 Å². The van der Waals surface area contributed by atoms with E-state index in [1.807, 2.05) is 0 Å². The molecule has 0 fully saturated rings. The van der Waals surface area contributed by atoms with Crippen LogP contribution in [0.15, 0.2) is 76.9 Å². The molecule has 1 atom stereocenters. The van der Waals surface area contributed by atoms with Crippen molar-refractivity contribution in [1.29, 1.82) is 0 Å². The van der Waals surface area contributed by atoms with Crippen LogP contribution in [0.4, 0.5) is 5.13 Å². The van der Waals surface area contributed by atoms with Gasteiger partial charge in [-0.15, -0.1) is 10.2 Å². The number of fused-ring (bicyclic) bond motifs is 1. The molecule has 9 nitrogen and oxygen atoms in total. The van der Waals surface area contributed by atoms with E-state index in [1.54, 1.807) is 61.5 Å². The van der Waals surface area contributed by atoms with Crippen LogP contribution in [0.5, 0.6) is 11.5 Å². The molecule has 0 saturated carbocycles. The highest BCUT2D eigenvalue weighted by molar-refractivity contribution is 7.15. The first-order valence-corrected chi connectivity index (χ1v) is 11.8. The van der Waals surface area contributed by atoms with Crippen molar-refractivity contribution < 1.29 is 28.6 Å². The van der Waals surface area contributed by atoms with Gasteiger partial charge in [0.05, 0.1) is 18.7 Å². The van der Waals surface area contributed by atoms with E-state index in [-0.39, 0.29) is 23.1 Å². The number of Topliss-reactive ketones (excluding diaryl/α,β-unsaturated/α-hetero) is 1. The summed E-state index contributed by atoms with van der Waals surface area (Å²) >= 11 is 1.17. The van der Waals surface area contributed by atoms with Gasteiger partial charge in [-0.1, -0.05) is 48.3 Å². The molecule has 1 N–H and O–H groups in total. The SMILES string of the molecule is C=CCOc1cccc(C2C(C(=O)c3cc4cccc(OC)c4o3)=C(O)C(=O)N2c2nnc(C)s2)c1. The second-order valence-corrected chi connectivity index (χ2v) is 9.09. The molecule has 10 heteroatoms. The van der Waals surface area contributed by atoms with Crippen molar-refractivity contribution in [2.24, 2.45) is 0 Å². The van der Waals surface area contributed by atoms with Crippen LogP contribution in [-0.2, 0) is 4.79 Å². The normalized spacial score (nSPS) is 15.6. The average Bonchev–Trinajstić information content (AvgIpc) is 3.58. The molecule has 4 aromatic rings. The number of ketones is 1. The molecule has 1 aliphatic heterocycles. The van der Waals surface area contributed by atoms with Gasteiger partial charge in [0.2, 0.25) is 10.9 Å². The van der Waals surface area contributed by atoms with Crippen molar-refractivity contribution in [3.05, 3.63) is 88.8 Å². The predicted molar refractivity (Wildman–Crippen MR) is 134 cm³/mol. The van der Waals surface area contributed by atoms with Crippen LogP contribution in [0.3, 0.4) is 0 Å². The number of benzene rings is 2. The van der Waals surface area contributed by atoms with E-state index in [9.17, 15) is 14.7 Å². The fourth-order valence-electron chi connectivity index (χ4n) is 4.10. The number of aliphatic hydroxyl groups excluding tert-OH is 1. The summed E-state index contributed by atoms with van der Waals surface area (Å²) in [6.45, 7) is 5.68. The Morgan fingerprint density at radius 1 is 1.25 bits per heavy atom. The summed E-state index contributed by atoms with van der Waals surface area (Å²) in [6.07, 6.45) is 1.61. The smallest absolute Gasteiger partial charge is 0.296 e. The number of anilines is 1. The second-order valence-electron chi connectivity index (χ2n) is 7.93. The number of furan rings is 1. The van der Waals surface area contributed by atoms with Gasteiger partial charge in [-0.2, -0.15) is 0 Å². The molecule has 1 aliphatic rings. The Hall–Kier alpha value is -4.44. The maximum Gasteiger partial charge on any atom is 0.296 e. The molecule has 182 valence electrons. The molecule has 3 heterocycles. The number of hydrogen-bond donors (Lipinski definition) is 1. The van der Waals surface area contributed by atoms with Crippen LogP contribution < -0.4 is 14.4 Å². The lowest BCUT2D eigenvalue weighted by Crippen LogP contribution is -2.31. The number of methoxy groups -OCH3 is 1. The Morgan fingerprint density at radius 2 is 2.06 bits per heavy atom. The highest BCUT2D eigenvalue weighted by Crippen LogP contribution is 2.44. The van der Waals surface area contributed by atoms with Crippen molar-refractivity contribution in [2.45, 2.75) is 13.0 Å². The lowest BCUT2D eigenvalue weighted by molar-refractivity contribution is -0.117. The van der Waals surface area contributed by atoms with E-state index in [1.165, 1.54) is 23.3 Å². The Bertz CT molecular complexity index is 1540. The topological polar surface area (TPSA) is 115 Å². The van der Waals surface area contributed by atoms with Gasteiger partial charge in [0, 0.05) is 5.39 Å². The summed E-state index contributed by atoms with van der Waals surface area (Å²) in [5, 5.41) is 20.6. The van der Waals surface area contributed by atoms with Crippen molar-refractivity contribution >= 4 is 39.1 Å². The van der Waals surface area contributed by atoms with E-state index < -0.39 is 23.5 Å². The number of para-hydroxylation sites is 1. The quantitative estimate of drug-likeness (QED) is 0.265. The lowest BCUT2D eigenvalue weighted by atomic mass is 9.95. The minimum absolute atomic E-state index is 0.0387. The Kier molecular flexibility index (Phi) is 6.03. The molecule has 2 aromatic heterocycles. The molecule has 5 rings (SSSR count). The second kappa shape index (κ2) is 9.31. The zero-order valence-electron chi connectivity index (χ0n) is 19.4. The minimum atomic E-state index is -0.986. The summed E-state index contributed by atoms with van der Waals surface area (Å²) in [4.78, 5) is 28.3. The predicted octanol–water partition coefficient (Wildman–Crippen LogP) is 4.95. The number of ether oxygens (including phenoxy) is 2. The molecule has 36 heavy (non-hydrogen) atoms. The third kappa shape index (κ3) is 3.91. The first-order chi connectivity index (χ1) is 17.4. The molecule has 1 unspecified atom stereocenters. The van der Waals surface area contributed by atoms with Crippen LogP contribution in [0, 0.1) is 6.92 Å². The third-order valence-corrected chi connectivity index (χ3v) is 6.51. The number of carbonyl (C=O) groups is 2. The molecule has 0 bridgehead atoms. The van der Waals surface area contributed by atoms with Crippen LogP contribution in [0.25, 0.3) is 11.0 Å². The zero-order valence-corrected chi connectivity index (χ0v) is 20.2. The monoisotopic (exact) mass is 503 g/mol. The minimum Gasteiger partial charge on any atom is -0.503 e. The molecule has 0 saturated heterocycles. The molecular weight excluding hydrogens is 482 g/mol. The average molecular weight is 504 g/mol. The number of amides is 1. The zero-order chi connectivity index (χ0) is 25.4. The number of aromatic nitrogens is 2. The summed E-state index contributed by atoms with van der Waals surface area (Å²) in [6, 6.07) is 12.8. The molecule has 0 radical (unpaired) electrons. The van der Waals surface area contributed by atoms with Gasteiger partial charge >= 0.3 is 0 Å². The number of rotatable bonds is 8. The third-order valence-electron chi connectivity index (χ3n) is 5.67. The van der Waals surface area contributed by atoms with Crippen molar-refractivity contribution in [1.82, 2.24) is 10.2 Å². The molecular formula is C26H21N3O6S. The lowest BCUT2D eigenvalue weighted by Gasteiger charge is -2.24. The van der Waals surface area contributed by atoms with Gasteiger partial charge in [-0.3, -0.25) is 14.5 Å². The number of nitrogens with zero attached hydrogens (tertiary/aromatic N) is 3. The van der Waals surface area contributed by atoms with E-state index in [0.717, 1.165) is 0 Å². The molecule has 2 aromatic carbocycles. The van der Waals surface area contributed by atoms with Crippen LogP contribution >= 0.6 is 11.3 Å². The number of carbonyl (C=O) groups excluding carboxylic acids is 2. The van der Waals surface area contributed by atoms with E-state index >= 15 is 0 Å². The molecule has 0 spiro atoms. The highest BCUT2D eigenvalue weighted by atomic mass is 32.1. The van der Waals surface area contributed by atoms with E-state index in [0.29, 0.717) is 33.0 Å². The number of aliphatic hydroxyl groups is 1. The maximum atomic E-state index is 13.8. The van der Waals surface area contributed by atoms with Crippen molar-refractivity contribution in [3.8, 4) is 11.5 Å². The van der Waals surface area contributed by atoms with Crippen LogP contribution in [-0.4, -0.2) is 40.7 Å². The number of aryl methyl sites for hydroxylation is 1. The largest absolute Gasteiger partial charge is 0.503 e. The maximum absolute atomic E-state index is 13.8. The molecule has 1 amide bonds. The van der Waals surface area contributed by atoms with Gasteiger partial charge in [-0.05, 0) is 36.8 Å².